The summed E-state index contributed by atoms with van der Waals surface area (Å²) in [5, 5.41) is 1.17. The second kappa shape index (κ2) is 8.35. The Morgan fingerprint density at radius 3 is 2.70 bits per heavy atom. The average molecular weight is 445 g/mol. The molecule has 0 radical (unpaired) electrons. The van der Waals surface area contributed by atoms with Crippen LogP contribution in [0.3, 0.4) is 0 Å². The van der Waals surface area contributed by atoms with Crippen LogP contribution in [0.5, 0.6) is 0 Å². The number of para-hydroxylation sites is 1. The van der Waals surface area contributed by atoms with Crippen molar-refractivity contribution in [1.82, 2.24) is 9.97 Å². The summed E-state index contributed by atoms with van der Waals surface area (Å²) in [4.78, 5) is 9.63. The van der Waals surface area contributed by atoms with Crippen LogP contribution in [0.4, 0.5) is 0 Å². The average Bonchev–Trinajstić information content (AvgIpc) is 3.15. The molecule has 0 N–H and O–H groups in total. The Morgan fingerprint density at radius 2 is 1.79 bits per heavy atom. The number of benzene rings is 1. The molecule has 178 valence electrons. The maximum absolute atomic E-state index is 4.93. The summed E-state index contributed by atoms with van der Waals surface area (Å²) in [6.07, 6.45) is 20.8. The van der Waals surface area contributed by atoms with Gasteiger partial charge in [0.2, 0.25) is 0 Å². The van der Waals surface area contributed by atoms with Crippen LogP contribution in [0.25, 0.3) is 10.9 Å². The van der Waals surface area contributed by atoms with E-state index in [1.54, 1.807) is 6.42 Å². The third-order valence-electron chi connectivity index (χ3n) is 11.6. The number of hydrogen-bond acceptors (Lipinski definition) is 2. The van der Waals surface area contributed by atoms with Gasteiger partial charge in [0.15, 0.2) is 0 Å². The van der Waals surface area contributed by atoms with Crippen LogP contribution >= 0.6 is 0 Å². The zero-order valence-corrected chi connectivity index (χ0v) is 21.3. The highest BCUT2D eigenvalue weighted by atomic mass is 14.9. The smallest absolute Gasteiger partial charge is 0.128 e. The van der Waals surface area contributed by atoms with Gasteiger partial charge in [-0.1, -0.05) is 44.9 Å². The summed E-state index contributed by atoms with van der Waals surface area (Å²) in [7, 11) is 0. The highest BCUT2D eigenvalue weighted by Gasteiger charge is 2.59. The van der Waals surface area contributed by atoms with E-state index >= 15 is 0 Å². The van der Waals surface area contributed by atoms with E-state index < -0.39 is 0 Å². The molecule has 0 saturated heterocycles. The van der Waals surface area contributed by atoms with Crippen LogP contribution in [0.1, 0.15) is 102 Å². The van der Waals surface area contributed by atoms with Gasteiger partial charge >= 0.3 is 0 Å². The van der Waals surface area contributed by atoms with E-state index in [9.17, 15) is 0 Å². The molecule has 0 spiro atoms. The number of aryl methyl sites for hydroxylation is 2. The van der Waals surface area contributed by atoms with E-state index in [1.807, 2.05) is 6.20 Å². The highest BCUT2D eigenvalue weighted by molar-refractivity contribution is 5.80. The Kier molecular flexibility index (Phi) is 5.58. The van der Waals surface area contributed by atoms with Gasteiger partial charge in [-0.15, -0.1) is 0 Å². The highest BCUT2D eigenvalue weighted by Crippen LogP contribution is 2.67. The van der Waals surface area contributed by atoms with E-state index in [0.717, 1.165) is 47.4 Å². The molecule has 1 aromatic heterocycles. The third-order valence-corrected chi connectivity index (χ3v) is 11.6. The fourth-order valence-corrected chi connectivity index (χ4v) is 9.75. The monoisotopic (exact) mass is 444 g/mol. The van der Waals surface area contributed by atoms with Crippen LogP contribution in [0, 0.1) is 47.3 Å². The SMILES string of the molecule is Cc1cccc2cnc(CCCC3CCC4C5CCC6CCCCC6(C)C5CCC34C)nc12. The molecule has 1 aromatic carbocycles. The van der Waals surface area contributed by atoms with Gasteiger partial charge < -0.3 is 0 Å². The number of fused-ring (bicyclic) bond motifs is 6. The van der Waals surface area contributed by atoms with E-state index in [-0.39, 0.29) is 0 Å². The minimum absolute atomic E-state index is 0.597. The first-order valence-corrected chi connectivity index (χ1v) is 14.2. The van der Waals surface area contributed by atoms with Crippen molar-refractivity contribution in [2.75, 3.05) is 0 Å². The molecule has 7 atom stereocenters. The Morgan fingerprint density at radius 1 is 0.909 bits per heavy atom. The van der Waals surface area contributed by atoms with Crippen molar-refractivity contribution in [3.63, 3.8) is 0 Å². The standard InChI is InChI=1S/C31H44N2/c1-21-8-6-9-22-20-32-28(33-29(21)22)12-7-11-24-14-16-26-25-15-13-23-10-4-5-18-30(23,2)27(25)17-19-31(24,26)3/h6,8-9,20,23-27H,4-5,7,10-19H2,1-3H3. The maximum Gasteiger partial charge on any atom is 0.128 e. The zero-order chi connectivity index (χ0) is 22.6. The summed E-state index contributed by atoms with van der Waals surface area (Å²) in [6.45, 7) is 7.58. The minimum Gasteiger partial charge on any atom is -0.241 e. The van der Waals surface area contributed by atoms with Crippen molar-refractivity contribution in [1.29, 1.82) is 0 Å². The summed E-state index contributed by atoms with van der Waals surface area (Å²) in [5.41, 5.74) is 3.67. The van der Waals surface area contributed by atoms with E-state index in [0.29, 0.717) is 10.8 Å². The Balaban J connectivity index is 1.12. The topological polar surface area (TPSA) is 25.8 Å². The van der Waals surface area contributed by atoms with Crippen LogP contribution in [-0.4, -0.2) is 9.97 Å². The van der Waals surface area contributed by atoms with Crippen LogP contribution < -0.4 is 0 Å². The van der Waals surface area contributed by atoms with E-state index in [2.05, 4.69) is 39.0 Å². The van der Waals surface area contributed by atoms with Crippen LogP contribution in [-0.2, 0) is 6.42 Å². The summed E-state index contributed by atoms with van der Waals surface area (Å²) < 4.78 is 0. The predicted octanol–water partition coefficient (Wildman–Crippen LogP) is 8.31. The minimum atomic E-state index is 0.597. The molecule has 4 aliphatic rings. The lowest BCUT2D eigenvalue weighted by Crippen LogP contribution is -2.52. The van der Waals surface area contributed by atoms with Gasteiger partial charge in [-0.05, 0) is 117 Å². The van der Waals surface area contributed by atoms with Crippen molar-refractivity contribution in [2.45, 2.75) is 104 Å². The maximum atomic E-state index is 4.93. The first-order valence-electron chi connectivity index (χ1n) is 14.2. The second-order valence-electron chi connectivity index (χ2n) is 12.9. The molecule has 2 nitrogen and oxygen atoms in total. The second-order valence-corrected chi connectivity index (χ2v) is 12.9. The molecule has 0 aliphatic heterocycles. The molecule has 0 amide bonds. The van der Waals surface area contributed by atoms with Crippen molar-refractivity contribution in [2.24, 2.45) is 40.4 Å². The fourth-order valence-electron chi connectivity index (χ4n) is 9.75. The van der Waals surface area contributed by atoms with Crippen LogP contribution in [0.15, 0.2) is 24.4 Å². The van der Waals surface area contributed by atoms with Gasteiger partial charge in [0.25, 0.3) is 0 Å². The normalized spacial score (nSPS) is 40.3. The van der Waals surface area contributed by atoms with Gasteiger partial charge in [0.05, 0.1) is 5.52 Å². The van der Waals surface area contributed by atoms with Crippen molar-refractivity contribution < 1.29 is 0 Å². The molecule has 4 saturated carbocycles. The predicted molar refractivity (Wildman–Crippen MR) is 137 cm³/mol. The molecule has 6 rings (SSSR count). The number of rotatable bonds is 4. The lowest BCUT2D eigenvalue weighted by Gasteiger charge is -2.60. The van der Waals surface area contributed by atoms with Crippen LogP contribution in [0.2, 0.25) is 0 Å². The van der Waals surface area contributed by atoms with Gasteiger partial charge in [0, 0.05) is 18.0 Å². The number of aromatic nitrogens is 2. The van der Waals surface area contributed by atoms with Gasteiger partial charge in [-0.25, -0.2) is 9.97 Å². The summed E-state index contributed by atoms with van der Waals surface area (Å²) in [6, 6.07) is 6.40. The summed E-state index contributed by atoms with van der Waals surface area (Å²) in [5.74, 6) is 6.06. The molecular weight excluding hydrogens is 400 g/mol. The van der Waals surface area contributed by atoms with Crippen molar-refractivity contribution in [3.8, 4) is 0 Å². The van der Waals surface area contributed by atoms with E-state index in [4.69, 9.17) is 9.97 Å². The fraction of sp³-hybridized carbons (Fsp3) is 0.742. The first-order chi connectivity index (χ1) is 16.0. The molecule has 2 heteroatoms. The lowest BCUT2D eigenvalue weighted by atomic mass is 9.45. The van der Waals surface area contributed by atoms with E-state index in [1.165, 1.54) is 81.6 Å². The molecule has 33 heavy (non-hydrogen) atoms. The van der Waals surface area contributed by atoms with Gasteiger partial charge in [0.1, 0.15) is 5.82 Å². The molecule has 7 unspecified atom stereocenters. The number of hydrogen-bond donors (Lipinski definition) is 0. The quantitative estimate of drug-likeness (QED) is 0.474. The Labute approximate surface area is 201 Å². The Hall–Kier alpha value is -1.44. The van der Waals surface area contributed by atoms with Gasteiger partial charge in [-0.2, -0.15) is 0 Å². The molecule has 4 fully saturated rings. The number of nitrogens with zero attached hydrogens (tertiary/aromatic N) is 2. The largest absolute Gasteiger partial charge is 0.241 e. The molecule has 4 aliphatic carbocycles. The van der Waals surface area contributed by atoms with Crippen molar-refractivity contribution >= 4 is 10.9 Å². The zero-order valence-electron chi connectivity index (χ0n) is 21.3. The van der Waals surface area contributed by atoms with Crippen molar-refractivity contribution in [3.05, 3.63) is 35.8 Å². The third kappa shape index (κ3) is 3.57. The molecule has 2 aromatic rings. The molecule has 1 heterocycles. The molecular formula is C31H44N2. The molecule has 0 bridgehead atoms. The summed E-state index contributed by atoms with van der Waals surface area (Å²) >= 11 is 0. The first kappa shape index (κ1) is 22.1. The van der Waals surface area contributed by atoms with Gasteiger partial charge in [-0.3, -0.25) is 0 Å². The Bertz CT molecular complexity index is 1010. The lowest BCUT2D eigenvalue weighted by molar-refractivity contribution is -0.111.